The van der Waals surface area contributed by atoms with E-state index in [0.717, 1.165) is 16.1 Å². The van der Waals surface area contributed by atoms with Crippen molar-refractivity contribution >= 4 is 17.4 Å². The number of anilines is 1. The Kier molecular flexibility index (Phi) is 3.63. The molecule has 0 aromatic heterocycles. The molecule has 72 valence electrons. The molecule has 0 fully saturated rings. The van der Waals surface area contributed by atoms with Crippen LogP contribution in [0.5, 0.6) is 0 Å². The van der Waals surface area contributed by atoms with Gasteiger partial charge < -0.3 is 10.8 Å². The predicted molar refractivity (Wildman–Crippen MR) is 58.0 cm³/mol. The molecule has 1 aromatic carbocycles. The van der Waals surface area contributed by atoms with E-state index in [2.05, 4.69) is 0 Å². The van der Waals surface area contributed by atoms with Crippen LogP contribution >= 0.6 is 11.8 Å². The molecule has 0 aliphatic carbocycles. The standard InChI is InChI=1S/C10H15NOS/c1-7(12)6-13-10-5-3-4-9(11)8(10)2/h3-5,7,12H,6,11H2,1-2H3. The van der Waals surface area contributed by atoms with Crippen LogP contribution in [0, 0.1) is 6.92 Å². The molecule has 1 unspecified atom stereocenters. The van der Waals surface area contributed by atoms with E-state index >= 15 is 0 Å². The summed E-state index contributed by atoms with van der Waals surface area (Å²) in [6.45, 7) is 3.79. The Bertz CT molecular complexity index is 286. The highest BCUT2D eigenvalue weighted by Gasteiger charge is 2.03. The monoisotopic (exact) mass is 197 g/mol. The quantitative estimate of drug-likeness (QED) is 0.576. The Labute approximate surface area is 83.1 Å². The van der Waals surface area contributed by atoms with Crippen molar-refractivity contribution in [3.63, 3.8) is 0 Å². The minimum absolute atomic E-state index is 0.272. The van der Waals surface area contributed by atoms with Gasteiger partial charge >= 0.3 is 0 Å². The first-order valence-corrected chi connectivity index (χ1v) is 5.25. The SMILES string of the molecule is Cc1c(N)cccc1SCC(C)O. The Morgan fingerprint density at radius 2 is 2.23 bits per heavy atom. The van der Waals surface area contributed by atoms with Crippen molar-refractivity contribution < 1.29 is 5.11 Å². The molecule has 0 saturated carbocycles. The van der Waals surface area contributed by atoms with E-state index in [-0.39, 0.29) is 6.10 Å². The van der Waals surface area contributed by atoms with E-state index < -0.39 is 0 Å². The van der Waals surface area contributed by atoms with Gasteiger partial charge in [0, 0.05) is 16.3 Å². The van der Waals surface area contributed by atoms with Gasteiger partial charge in [-0.2, -0.15) is 0 Å². The van der Waals surface area contributed by atoms with Gasteiger partial charge in [-0.05, 0) is 31.5 Å². The Morgan fingerprint density at radius 3 is 2.85 bits per heavy atom. The number of aliphatic hydroxyl groups excluding tert-OH is 1. The lowest BCUT2D eigenvalue weighted by Crippen LogP contribution is -2.03. The molecule has 1 rings (SSSR count). The molecule has 13 heavy (non-hydrogen) atoms. The zero-order valence-corrected chi connectivity index (χ0v) is 8.77. The van der Waals surface area contributed by atoms with Gasteiger partial charge in [-0.3, -0.25) is 0 Å². The van der Waals surface area contributed by atoms with Crippen LogP contribution < -0.4 is 5.73 Å². The molecular formula is C10H15NOS. The highest BCUT2D eigenvalue weighted by Crippen LogP contribution is 2.26. The van der Waals surface area contributed by atoms with Gasteiger partial charge in [-0.25, -0.2) is 0 Å². The summed E-state index contributed by atoms with van der Waals surface area (Å²) in [5.74, 6) is 0.713. The van der Waals surface area contributed by atoms with Crippen molar-refractivity contribution in [1.29, 1.82) is 0 Å². The molecule has 0 aliphatic rings. The number of hydrogen-bond donors (Lipinski definition) is 2. The Balaban J connectivity index is 2.71. The summed E-state index contributed by atoms with van der Waals surface area (Å²) in [4.78, 5) is 1.15. The number of rotatable bonds is 3. The first-order chi connectivity index (χ1) is 6.11. The average Bonchev–Trinajstić information content (AvgIpc) is 2.07. The first-order valence-electron chi connectivity index (χ1n) is 4.27. The lowest BCUT2D eigenvalue weighted by molar-refractivity contribution is 0.220. The van der Waals surface area contributed by atoms with Gasteiger partial charge in [-0.15, -0.1) is 11.8 Å². The molecule has 0 bridgehead atoms. The zero-order chi connectivity index (χ0) is 9.84. The first kappa shape index (κ1) is 10.4. The number of nitrogen functional groups attached to an aromatic ring is 1. The summed E-state index contributed by atoms with van der Waals surface area (Å²) in [5, 5.41) is 9.12. The summed E-state index contributed by atoms with van der Waals surface area (Å²) in [6, 6.07) is 5.85. The Morgan fingerprint density at radius 1 is 1.54 bits per heavy atom. The van der Waals surface area contributed by atoms with Crippen molar-refractivity contribution in [2.24, 2.45) is 0 Å². The van der Waals surface area contributed by atoms with Crippen LogP contribution in [0.15, 0.2) is 23.1 Å². The van der Waals surface area contributed by atoms with Gasteiger partial charge in [0.15, 0.2) is 0 Å². The maximum atomic E-state index is 9.12. The summed E-state index contributed by atoms with van der Waals surface area (Å²) in [5.41, 5.74) is 7.67. The molecule has 1 aromatic rings. The van der Waals surface area contributed by atoms with Crippen molar-refractivity contribution in [3.8, 4) is 0 Å². The molecule has 0 aliphatic heterocycles. The van der Waals surface area contributed by atoms with Crippen molar-refractivity contribution in [2.45, 2.75) is 24.8 Å². The van der Waals surface area contributed by atoms with Crippen molar-refractivity contribution in [3.05, 3.63) is 23.8 Å². The maximum Gasteiger partial charge on any atom is 0.0606 e. The molecule has 0 spiro atoms. The van der Waals surface area contributed by atoms with E-state index in [1.54, 1.807) is 18.7 Å². The van der Waals surface area contributed by atoms with E-state index in [0.29, 0.717) is 5.75 Å². The molecule has 3 heteroatoms. The number of benzene rings is 1. The second kappa shape index (κ2) is 4.53. The summed E-state index contributed by atoms with van der Waals surface area (Å²) in [7, 11) is 0. The normalized spacial score (nSPS) is 12.8. The lowest BCUT2D eigenvalue weighted by atomic mass is 10.2. The van der Waals surface area contributed by atoms with Crippen LogP contribution in [0.1, 0.15) is 12.5 Å². The third-order valence-electron chi connectivity index (χ3n) is 1.81. The molecule has 1 atom stereocenters. The molecule has 0 radical (unpaired) electrons. The Hall–Kier alpha value is -0.670. The van der Waals surface area contributed by atoms with Crippen molar-refractivity contribution in [2.75, 3.05) is 11.5 Å². The minimum atomic E-state index is -0.272. The van der Waals surface area contributed by atoms with Gasteiger partial charge in [0.25, 0.3) is 0 Å². The summed E-state index contributed by atoms with van der Waals surface area (Å²) in [6.07, 6.45) is -0.272. The number of nitrogens with two attached hydrogens (primary N) is 1. The fraction of sp³-hybridized carbons (Fsp3) is 0.400. The highest BCUT2D eigenvalue weighted by molar-refractivity contribution is 7.99. The van der Waals surface area contributed by atoms with E-state index in [1.807, 2.05) is 25.1 Å². The van der Waals surface area contributed by atoms with Crippen LogP contribution in [-0.4, -0.2) is 17.0 Å². The van der Waals surface area contributed by atoms with E-state index in [4.69, 9.17) is 10.8 Å². The van der Waals surface area contributed by atoms with E-state index in [1.165, 1.54) is 0 Å². The van der Waals surface area contributed by atoms with Crippen LogP contribution in [0.2, 0.25) is 0 Å². The van der Waals surface area contributed by atoms with Crippen LogP contribution in [0.25, 0.3) is 0 Å². The van der Waals surface area contributed by atoms with Crippen LogP contribution in [0.3, 0.4) is 0 Å². The molecule has 0 amide bonds. The fourth-order valence-corrected chi connectivity index (χ4v) is 1.93. The lowest BCUT2D eigenvalue weighted by Gasteiger charge is -2.08. The van der Waals surface area contributed by atoms with Crippen LogP contribution in [-0.2, 0) is 0 Å². The average molecular weight is 197 g/mol. The summed E-state index contributed by atoms with van der Waals surface area (Å²) < 4.78 is 0. The predicted octanol–water partition coefficient (Wildman–Crippen LogP) is 2.05. The number of hydrogen-bond acceptors (Lipinski definition) is 3. The second-order valence-electron chi connectivity index (χ2n) is 3.13. The third kappa shape index (κ3) is 2.94. The van der Waals surface area contributed by atoms with Crippen LogP contribution in [0.4, 0.5) is 5.69 Å². The molecule has 3 N–H and O–H groups in total. The van der Waals surface area contributed by atoms with E-state index in [9.17, 15) is 0 Å². The molecular weight excluding hydrogens is 182 g/mol. The molecule has 2 nitrogen and oxygen atoms in total. The zero-order valence-electron chi connectivity index (χ0n) is 7.95. The van der Waals surface area contributed by atoms with Gasteiger partial charge in [0.2, 0.25) is 0 Å². The topological polar surface area (TPSA) is 46.2 Å². The van der Waals surface area contributed by atoms with Crippen molar-refractivity contribution in [1.82, 2.24) is 0 Å². The molecule has 0 heterocycles. The maximum absolute atomic E-state index is 9.12. The molecule has 0 saturated heterocycles. The third-order valence-corrected chi connectivity index (χ3v) is 3.21. The smallest absolute Gasteiger partial charge is 0.0606 e. The second-order valence-corrected chi connectivity index (χ2v) is 4.19. The number of thioether (sulfide) groups is 1. The fourth-order valence-electron chi connectivity index (χ4n) is 0.998. The highest BCUT2D eigenvalue weighted by atomic mass is 32.2. The van der Waals surface area contributed by atoms with Gasteiger partial charge in [0.1, 0.15) is 0 Å². The van der Waals surface area contributed by atoms with Gasteiger partial charge in [0.05, 0.1) is 6.10 Å². The number of aliphatic hydroxyl groups is 1. The van der Waals surface area contributed by atoms with Gasteiger partial charge in [-0.1, -0.05) is 6.07 Å². The summed E-state index contributed by atoms with van der Waals surface area (Å²) >= 11 is 1.64. The largest absolute Gasteiger partial charge is 0.398 e. The minimum Gasteiger partial charge on any atom is -0.398 e.